The van der Waals surface area contributed by atoms with Crippen molar-refractivity contribution in [3.63, 3.8) is 0 Å². The number of carbonyl (C=O) groups is 1. The van der Waals surface area contributed by atoms with Gasteiger partial charge < -0.3 is 15.6 Å². The maximum Gasteiger partial charge on any atom is 0.308 e. The molecule has 0 spiro atoms. The monoisotopic (exact) mass is 232 g/mol. The molecule has 1 rings (SSSR count). The Hall–Kier alpha value is -1.92. The van der Waals surface area contributed by atoms with Crippen molar-refractivity contribution in [3.05, 3.63) is 17.3 Å². The topological polar surface area (TPSA) is 85.4 Å². The molecule has 0 aromatic carbocycles. The van der Waals surface area contributed by atoms with Crippen LogP contribution in [-0.2, 0) is 11.2 Å². The molecule has 5 nitrogen and oxygen atoms in total. The highest BCUT2D eigenvalue weighted by molar-refractivity contribution is 5.72. The highest BCUT2D eigenvalue weighted by atomic mass is 19.3. The number of nitrogen functional groups attached to an aromatic ring is 1. The van der Waals surface area contributed by atoms with Crippen LogP contribution in [-0.4, -0.2) is 23.2 Å². The maximum absolute atomic E-state index is 12.6. The van der Waals surface area contributed by atoms with E-state index < -0.39 is 24.4 Å². The van der Waals surface area contributed by atoms with Crippen LogP contribution in [0.1, 0.15) is 17.6 Å². The second kappa shape index (κ2) is 4.73. The molecule has 3 N–H and O–H groups in total. The van der Waals surface area contributed by atoms with Crippen LogP contribution in [0.4, 0.5) is 14.6 Å². The van der Waals surface area contributed by atoms with E-state index >= 15 is 0 Å². The predicted molar refractivity (Wildman–Crippen MR) is 51.5 cm³/mol. The number of aromatic nitrogens is 1. The molecule has 0 saturated carbocycles. The summed E-state index contributed by atoms with van der Waals surface area (Å²) in [6.07, 6.45) is -2.19. The van der Waals surface area contributed by atoms with E-state index in [-0.39, 0.29) is 17.1 Å². The van der Waals surface area contributed by atoms with Crippen molar-refractivity contribution in [1.29, 1.82) is 0 Å². The van der Waals surface area contributed by atoms with Crippen LogP contribution in [0.3, 0.4) is 0 Å². The average Bonchev–Trinajstić information content (AvgIpc) is 2.18. The summed E-state index contributed by atoms with van der Waals surface area (Å²) in [5, 5.41) is 8.58. The minimum absolute atomic E-state index is 0.0690. The van der Waals surface area contributed by atoms with Crippen molar-refractivity contribution < 1.29 is 23.4 Å². The zero-order valence-corrected chi connectivity index (χ0v) is 8.41. The molecule has 0 aliphatic heterocycles. The van der Waals surface area contributed by atoms with E-state index in [0.717, 1.165) is 6.20 Å². The normalized spacial score (nSPS) is 10.5. The molecular formula is C9H10F2N2O3. The number of hydrogen-bond acceptors (Lipinski definition) is 4. The molecule has 0 saturated heterocycles. The molecule has 0 amide bonds. The van der Waals surface area contributed by atoms with Gasteiger partial charge in [-0.2, -0.15) is 0 Å². The fraction of sp³-hybridized carbons (Fsp3) is 0.333. The van der Waals surface area contributed by atoms with Gasteiger partial charge in [-0.1, -0.05) is 0 Å². The Morgan fingerprint density at radius 2 is 2.31 bits per heavy atom. The highest BCUT2D eigenvalue weighted by Gasteiger charge is 2.22. The lowest BCUT2D eigenvalue weighted by atomic mass is 10.1. The van der Waals surface area contributed by atoms with Gasteiger partial charge in [-0.25, -0.2) is 13.8 Å². The molecule has 0 radical (unpaired) electrons. The Morgan fingerprint density at radius 1 is 1.69 bits per heavy atom. The Morgan fingerprint density at radius 3 is 2.75 bits per heavy atom. The van der Waals surface area contributed by atoms with Crippen molar-refractivity contribution in [2.24, 2.45) is 0 Å². The Balaban J connectivity index is 3.30. The fourth-order valence-electron chi connectivity index (χ4n) is 1.31. The highest BCUT2D eigenvalue weighted by Crippen LogP contribution is 2.35. The van der Waals surface area contributed by atoms with Gasteiger partial charge >= 0.3 is 5.97 Å². The third-order valence-corrected chi connectivity index (χ3v) is 1.94. The molecular weight excluding hydrogens is 222 g/mol. The Kier molecular flexibility index (Phi) is 3.60. The number of carboxylic acids is 1. The summed E-state index contributed by atoms with van der Waals surface area (Å²) in [5.74, 6) is -1.74. The molecule has 0 atom stereocenters. The molecule has 7 heteroatoms. The van der Waals surface area contributed by atoms with Crippen molar-refractivity contribution in [2.75, 3.05) is 12.8 Å². The zero-order chi connectivity index (χ0) is 12.3. The minimum atomic E-state index is -2.86. The van der Waals surface area contributed by atoms with E-state index in [1.165, 1.54) is 7.11 Å². The van der Waals surface area contributed by atoms with Crippen LogP contribution >= 0.6 is 0 Å². The van der Waals surface area contributed by atoms with E-state index in [1.807, 2.05) is 0 Å². The summed E-state index contributed by atoms with van der Waals surface area (Å²) in [5.41, 5.74) is 4.78. The van der Waals surface area contributed by atoms with Crippen LogP contribution < -0.4 is 10.5 Å². The standard InChI is InChI=1S/C9H10F2N2O3/c1-16-7-4(2-5(14)15)3-13-9(12)6(7)8(10)11/h3,8H,2H2,1H3,(H2,12,13)(H,14,15). The third-order valence-electron chi connectivity index (χ3n) is 1.94. The number of aliphatic carboxylic acids is 1. The van der Waals surface area contributed by atoms with Crippen LogP contribution in [0.25, 0.3) is 0 Å². The van der Waals surface area contributed by atoms with E-state index in [2.05, 4.69) is 4.98 Å². The summed E-state index contributed by atoms with van der Waals surface area (Å²) >= 11 is 0. The lowest BCUT2D eigenvalue weighted by molar-refractivity contribution is -0.136. The number of alkyl halides is 2. The zero-order valence-electron chi connectivity index (χ0n) is 8.41. The van der Waals surface area contributed by atoms with E-state index in [4.69, 9.17) is 15.6 Å². The Labute approximate surface area is 89.9 Å². The summed E-state index contributed by atoms with van der Waals surface area (Å²) < 4.78 is 30.0. The van der Waals surface area contributed by atoms with Crippen LogP contribution in [0.5, 0.6) is 5.75 Å². The third kappa shape index (κ3) is 2.36. The smallest absolute Gasteiger partial charge is 0.308 e. The van der Waals surface area contributed by atoms with E-state index in [1.54, 1.807) is 0 Å². The minimum Gasteiger partial charge on any atom is -0.496 e. The number of nitrogens with two attached hydrogens (primary N) is 1. The van der Waals surface area contributed by atoms with Crippen LogP contribution in [0, 0.1) is 0 Å². The first kappa shape index (κ1) is 12.2. The molecule has 1 aromatic rings. The molecule has 1 heterocycles. The largest absolute Gasteiger partial charge is 0.496 e. The first-order valence-electron chi connectivity index (χ1n) is 4.28. The first-order valence-corrected chi connectivity index (χ1v) is 4.28. The van der Waals surface area contributed by atoms with Crippen molar-refractivity contribution >= 4 is 11.8 Å². The van der Waals surface area contributed by atoms with Crippen molar-refractivity contribution in [2.45, 2.75) is 12.8 Å². The molecule has 0 unspecified atom stereocenters. The number of nitrogens with zero attached hydrogens (tertiary/aromatic N) is 1. The average molecular weight is 232 g/mol. The van der Waals surface area contributed by atoms with Gasteiger partial charge in [0.2, 0.25) is 0 Å². The van der Waals surface area contributed by atoms with Gasteiger partial charge in [0.1, 0.15) is 17.1 Å². The van der Waals surface area contributed by atoms with Crippen molar-refractivity contribution in [1.82, 2.24) is 4.98 Å². The summed E-state index contributed by atoms with van der Waals surface area (Å²) in [4.78, 5) is 14.0. The van der Waals surface area contributed by atoms with Gasteiger partial charge in [0.15, 0.2) is 0 Å². The first-order chi connectivity index (χ1) is 7.47. The number of hydrogen-bond donors (Lipinski definition) is 2. The van der Waals surface area contributed by atoms with Crippen LogP contribution in [0.2, 0.25) is 0 Å². The molecule has 1 aromatic heterocycles. The number of halogens is 2. The molecule has 0 fully saturated rings. The van der Waals surface area contributed by atoms with Gasteiger partial charge in [0.05, 0.1) is 13.5 Å². The number of carboxylic acid groups (broad SMARTS) is 1. The molecule has 0 aliphatic rings. The number of anilines is 1. The summed E-state index contributed by atoms with van der Waals surface area (Å²) in [6.45, 7) is 0. The number of ether oxygens (including phenoxy) is 1. The molecule has 0 bridgehead atoms. The second-order valence-corrected chi connectivity index (χ2v) is 2.99. The number of pyridine rings is 1. The quantitative estimate of drug-likeness (QED) is 0.815. The van der Waals surface area contributed by atoms with E-state index in [9.17, 15) is 13.6 Å². The molecule has 88 valence electrons. The van der Waals surface area contributed by atoms with Gasteiger partial charge in [-0.15, -0.1) is 0 Å². The summed E-state index contributed by atoms with van der Waals surface area (Å²) in [7, 11) is 1.17. The lowest BCUT2D eigenvalue weighted by Crippen LogP contribution is -2.08. The lowest BCUT2D eigenvalue weighted by Gasteiger charge is -2.13. The predicted octanol–water partition coefficient (Wildman–Crippen LogP) is 1.24. The maximum atomic E-state index is 12.6. The Bertz CT molecular complexity index is 410. The van der Waals surface area contributed by atoms with Gasteiger partial charge in [-0.3, -0.25) is 4.79 Å². The van der Waals surface area contributed by atoms with E-state index in [0.29, 0.717) is 0 Å². The second-order valence-electron chi connectivity index (χ2n) is 2.99. The van der Waals surface area contributed by atoms with Gasteiger partial charge in [-0.05, 0) is 0 Å². The molecule has 16 heavy (non-hydrogen) atoms. The van der Waals surface area contributed by atoms with Crippen LogP contribution in [0.15, 0.2) is 6.20 Å². The number of rotatable bonds is 4. The van der Waals surface area contributed by atoms with Crippen molar-refractivity contribution in [3.8, 4) is 5.75 Å². The molecule has 0 aliphatic carbocycles. The SMILES string of the molecule is COc1c(CC(=O)O)cnc(N)c1C(F)F. The van der Waals surface area contributed by atoms with Gasteiger partial charge in [0, 0.05) is 11.8 Å². The number of methoxy groups -OCH3 is 1. The summed E-state index contributed by atoms with van der Waals surface area (Å²) in [6, 6.07) is 0. The fourth-order valence-corrected chi connectivity index (χ4v) is 1.31. The van der Waals surface area contributed by atoms with Gasteiger partial charge in [0.25, 0.3) is 6.43 Å².